The van der Waals surface area contributed by atoms with E-state index in [2.05, 4.69) is 4.98 Å². The molecule has 0 spiro atoms. The molecule has 0 aliphatic heterocycles. The first kappa shape index (κ1) is 18.7. The van der Waals surface area contributed by atoms with Crippen molar-refractivity contribution in [2.45, 2.75) is 27.4 Å². The van der Waals surface area contributed by atoms with Gasteiger partial charge in [0.05, 0.1) is 0 Å². The minimum Gasteiger partial charge on any atom is -0.457 e. The van der Waals surface area contributed by atoms with Crippen molar-refractivity contribution in [2.75, 3.05) is 0 Å². The van der Waals surface area contributed by atoms with Gasteiger partial charge in [0.15, 0.2) is 0 Å². The van der Waals surface area contributed by atoms with E-state index >= 15 is 0 Å². The van der Waals surface area contributed by atoms with Gasteiger partial charge in [0.2, 0.25) is 5.71 Å². The predicted molar refractivity (Wildman–Crippen MR) is 105 cm³/mol. The van der Waals surface area contributed by atoms with E-state index in [-0.39, 0.29) is 29.0 Å². The lowest BCUT2D eigenvalue weighted by Crippen LogP contribution is -2.19. The van der Waals surface area contributed by atoms with Gasteiger partial charge < -0.3 is 18.1 Å². The third-order valence-electron chi connectivity index (χ3n) is 5.03. The summed E-state index contributed by atoms with van der Waals surface area (Å²) in [5, 5.41) is 0.758. The van der Waals surface area contributed by atoms with E-state index in [1.807, 2.05) is 26.0 Å². The predicted octanol–water partition coefficient (Wildman–Crippen LogP) is 2.92. The van der Waals surface area contributed by atoms with Gasteiger partial charge in [0.1, 0.15) is 35.2 Å². The Balaban J connectivity index is 1.73. The van der Waals surface area contributed by atoms with Crippen LogP contribution in [0.2, 0.25) is 0 Å². The van der Waals surface area contributed by atoms with Gasteiger partial charge in [-0.15, -0.1) is 0 Å². The molecule has 0 radical (unpaired) electrons. The third kappa shape index (κ3) is 3.02. The molecular weight excluding hydrogens is 376 g/mol. The van der Waals surface area contributed by atoms with E-state index in [1.165, 1.54) is 24.0 Å². The zero-order chi connectivity index (χ0) is 20.9. The van der Waals surface area contributed by atoms with Crippen molar-refractivity contribution in [1.82, 2.24) is 9.55 Å². The Bertz CT molecular complexity index is 1410. The van der Waals surface area contributed by atoms with Gasteiger partial charge in [0.25, 0.3) is 5.56 Å². The molecule has 3 aromatic heterocycles. The number of carbonyl (C=O) groups is 1. The largest absolute Gasteiger partial charge is 0.457 e. The fourth-order valence-corrected chi connectivity index (χ4v) is 3.29. The summed E-state index contributed by atoms with van der Waals surface area (Å²) < 4.78 is 17.5. The van der Waals surface area contributed by atoms with E-state index in [9.17, 15) is 14.4 Å². The number of hydrogen-bond donors (Lipinski definition) is 0. The Hall–Kier alpha value is -3.68. The highest BCUT2D eigenvalue weighted by Gasteiger charge is 2.24. The molecule has 0 unspecified atom stereocenters. The van der Waals surface area contributed by atoms with Crippen molar-refractivity contribution in [2.24, 2.45) is 7.05 Å². The molecule has 0 saturated heterocycles. The molecular formula is C21H18N2O6. The number of hydrogen-bond acceptors (Lipinski definition) is 7. The van der Waals surface area contributed by atoms with Crippen LogP contribution in [0.5, 0.6) is 0 Å². The highest BCUT2D eigenvalue weighted by atomic mass is 16.5. The SMILES string of the molecule is Cc1ccc2c(COC(=O)c3c(C)oc4ncn(C)c(=O)c34)cc(=O)oc2c1C. The Kier molecular flexibility index (Phi) is 4.34. The first-order valence-corrected chi connectivity index (χ1v) is 8.92. The molecule has 8 nitrogen and oxygen atoms in total. The monoisotopic (exact) mass is 394 g/mol. The van der Waals surface area contributed by atoms with Crippen LogP contribution in [0.4, 0.5) is 0 Å². The Morgan fingerprint density at radius 2 is 1.93 bits per heavy atom. The second-order valence-corrected chi connectivity index (χ2v) is 6.92. The molecule has 8 heteroatoms. The van der Waals surface area contributed by atoms with Gasteiger partial charge in [-0.3, -0.25) is 4.79 Å². The summed E-state index contributed by atoms with van der Waals surface area (Å²) >= 11 is 0. The minimum atomic E-state index is -0.725. The number of aromatic nitrogens is 2. The van der Waals surface area contributed by atoms with Crippen molar-refractivity contribution < 1.29 is 18.4 Å². The smallest absolute Gasteiger partial charge is 0.342 e. The van der Waals surface area contributed by atoms with Gasteiger partial charge in [-0.05, 0) is 31.9 Å². The summed E-state index contributed by atoms with van der Waals surface area (Å²) in [6.07, 6.45) is 1.32. The van der Waals surface area contributed by atoms with Crippen molar-refractivity contribution in [1.29, 1.82) is 0 Å². The second kappa shape index (κ2) is 6.73. The number of nitrogens with zero attached hydrogens (tertiary/aromatic N) is 2. The van der Waals surface area contributed by atoms with Crippen LogP contribution in [-0.2, 0) is 18.4 Å². The highest BCUT2D eigenvalue weighted by Crippen LogP contribution is 2.25. The number of benzene rings is 1. The molecule has 3 heterocycles. The average molecular weight is 394 g/mol. The van der Waals surface area contributed by atoms with Crippen LogP contribution in [0.15, 0.2) is 42.9 Å². The summed E-state index contributed by atoms with van der Waals surface area (Å²) in [5.41, 5.74) is 1.99. The standard InChI is InChI=1S/C21H18N2O6/c1-10-5-6-14-13(7-15(24)29-18(14)11(10)2)8-27-21(26)16-12(3)28-19-17(16)20(25)23(4)9-22-19/h5-7,9H,8H2,1-4H3. The highest BCUT2D eigenvalue weighted by molar-refractivity contribution is 6.03. The number of carbonyl (C=O) groups excluding carboxylic acids is 1. The lowest BCUT2D eigenvalue weighted by molar-refractivity contribution is 0.0474. The van der Waals surface area contributed by atoms with E-state index in [1.54, 1.807) is 6.92 Å². The lowest BCUT2D eigenvalue weighted by atomic mass is 10.0. The molecule has 1 aromatic carbocycles. The number of furan rings is 1. The Morgan fingerprint density at radius 1 is 1.17 bits per heavy atom. The van der Waals surface area contributed by atoms with Gasteiger partial charge in [-0.1, -0.05) is 12.1 Å². The third-order valence-corrected chi connectivity index (χ3v) is 5.03. The van der Waals surface area contributed by atoms with Gasteiger partial charge >= 0.3 is 11.6 Å². The van der Waals surface area contributed by atoms with E-state index < -0.39 is 17.2 Å². The first-order chi connectivity index (χ1) is 13.8. The molecule has 0 aliphatic rings. The summed E-state index contributed by atoms with van der Waals surface area (Å²) in [5.74, 6) is -0.485. The minimum absolute atomic E-state index is 0.0352. The summed E-state index contributed by atoms with van der Waals surface area (Å²) in [6, 6.07) is 5.03. The molecule has 0 atom stereocenters. The Morgan fingerprint density at radius 3 is 2.69 bits per heavy atom. The number of ether oxygens (including phenoxy) is 1. The second-order valence-electron chi connectivity index (χ2n) is 6.92. The molecule has 148 valence electrons. The van der Waals surface area contributed by atoms with Crippen molar-refractivity contribution >= 4 is 28.0 Å². The Labute approximate surface area is 164 Å². The van der Waals surface area contributed by atoms with Crippen LogP contribution in [0, 0.1) is 20.8 Å². The fraction of sp³-hybridized carbons (Fsp3) is 0.238. The van der Waals surface area contributed by atoms with Crippen LogP contribution in [-0.4, -0.2) is 15.5 Å². The maximum Gasteiger partial charge on any atom is 0.342 e. The van der Waals surface area contributed by atoms with Gasteiger partial charge in [-0.2, -0.15) is 0 Å². The van der Waals surface area contributed by atoms with E-state index in [0.717, 1.165) is 11.1 Å². The molecule has 0 fully saturated rings. The van der Waals surface area contributed by atoms with Crippen molar-refractivity contribution in [3.8, 4) is 0 Å². The molecule has 0 N–H and O–H groups in total. The quantitative estimate of drug-likeness (QED) is 0.389. The molecule has 0 bridgehead atoms. The molecule has 0 saturated carbocycles. The lowest BCUT2D eigenvalue weighted by Gasteiger charge is -2.09. The molecule has 4 aromatic rings. The van der Waals surface area contributed by atoms with E-state index in [4.69, 9.17) is 13.6 Å². The van der Waals surface area contributed by atoms with Gasteiger partial charge in [0, 0.05) is 24.1 Å². The van der Waals surface area contributed by atoms with Crippen molar-refractivity contribution in [3.63, 3.8) is 0 Å². The number of aryl methyl sites for hydroxylation is 4. The average Bonchev–Trinajstić information content (AvgIpc) is 3.02. The van der Waals surface area contributed by atoms with Crippen LogP contribution < -0.4 is 11.2 Å². The molecule has 29 heavy (non-hydrogen) atoms. The van der Waals surface area contributed by atoms with Gasteiger partial charge in [-0.25, -0.2) is 14.6 Å². The fourth-order valence-electron chi connectivity index (χ4n) is 3.29. The molecule has 0 amide bonds. The zero-order valence-electron chi connectivity index (χ0n) is 16.4. The number of esters is 1. The summed E-state index contributed by atoms with van der Waals surface area (Å²) in [7, 11) is 1.53. The first-order valence-electron chi connectivity index (χ1n) is 8.92. The zero-order valence-corrected chi connectivity index (χ0v) is 16.4. The normalized spacial score (nSPS) is 11.3. The maximum absolute atomic E-state index is 12.8. The molecule has 0 aliphatic carbocycles. The van der Waals surface area contributed by atoms with Crippen molar-refractivity contribution in [3.05, 3.63) is 73.3 Å². The maximum atomic E-state index is 12.8. The summed E-state index contributed by atoms with van der Waals surface area (Å²) in [4.78, 5) is 41.2. The number of fused-ring (bicyclic) bond motifs is 2. The topological polar surface area (TPSA) is 105 Å². The van der Waals surface area contributed by atoms with Crippen LogP contribution in [0.3, 0.4) is 0 Å². The van der Waals surface area contributed by atoms with Crippen LogP contribution in [0.1, 0.15) is 32.8 Å². The van der Waals surface area contributed by atoms with E-state index in [0.29, 0.717) is 16.5 Å². The van der Waals surface area contributed by atoms with Crippen LogP contribution >= 0.6 is 0 Å². The molecule has 4 rings (SSSR count). The van der Waals surface area contributed by atoms with Crippen LogP contribution in [0.25, 0.3) is 22.1 Å². The summed E-state index contributed by atoms with van der Waals surface area (Å²) in [6.45, 7) is 5.19. The number of rotatable bonds is 3.